The Balaban J connectivity index is 0.00000387. The van der Waals surface area contributed by atoms with Gasteiger partial charge in [0.15, 0.2) is 49.5 Å². The third-order valence-electron chi connectivity index (χ3n) is 15.5. The summed E-state index contributed by atoms with van der Waals surface area (Å²) in [7, 11) is 0. The summed E-state index contributed by atoms with van der Waals surface area (Å²) in [6.07, 6.45) is 25.1. The van der Waals surface area contributed by atoms with Crippen molar-refractivity contribution in [2.45, 2.75) is 130 Å². The van der Waals surface area contributed by atoms with Crippen LogP contribution < -0.4 is 54.2 Å². The molecule has 5 aromatic carbocycles. The third kappa shape index (κ3) is 12.4. The highest BCUT2D eigenvalue weighted by Crippen LogP contribution is 2.33. The van der Waals surface area contributed by atoms with Crippen LogP contribution in [-0.2, 0) is 26.2 Å². The zero-order chi connectivity index (χ0) is 53.2. The molecule has 6 heterocycles. The summed E-state index contributed by atoms with van der Waals surface area (Å²) in [5.74, 6) is 1.48. The fourth-order valence-electron chi connectivity index (χ4n) is 11.6. The Kier molecular flexibility index (Phi) is 19.6. The Bertz CT molecular complexity index is 3720. The molecule has 0 aliphatic rings. The number of unbranched alkanes of at least 4 members (excludes halogenated alkanes) is 12. The SMILES string of the molecule is CCCCCCCCCn1c(=O)c2c(-c3ccccc3)nc(-c3ccc[n+](Cc4cccc(C[n+]5cccc(-c6nc(-c7ccccc7)c7c(=O)n(CCCCCCCCC)c8ccccc8n67)c5)c4)c3)n2c2ccccc21.[Br-].[Br-]. The van der Waals surface area contributed by atoms with Crippen LogP contribution >= 0.6 is 0 Å². The fraction of sp³-hybridized carbons (Fsp3) is 0.294. The van der Waals surface area contributed by atoms with Crippen molar-refractivity contribution >= 4 is 33.1 Å². The Hall–Kier alpha value is -7.28. The average molecular weight is 1190 g/mol. The van der Waals surface area contributed by atoms with Gasteiger partial charge in [0.05, 0.1) is 33.2 Å². The molecular formula is C68H72Br2N8O2. The van der Waals surface area contributed by atoms with Crippen molar-refractivity contribution in [1.29, 1.82) is 0 Å². The first kappa shape index (κ1) is 57.4. The number of benzene rings is 5. The van der Waals surface area contributed by atoms with Crippen molar-refractivity contribution in [2.75, 3.05) is 0 Å². The quantitative estimate of drug-likeness (QED) is 0.0450. The molecule has 80 heavy (non-hydrogen) atoms. The molecular weight excluding hydrogens is 1120 g/mol. The molecule has 0 fully saturated rings. The first-order valence-electron chi connectivity index (χ1n) is 28.7. The molecule has 0 spiro atoms. The van der Waals surface area contributed by atoms with Crippen LogP contribution in [-0.4, -0.2) is 27.9 Å². The van der Waals surface area contributed by atoms with Gasteiger partial charge in [-0.25, -0.2) is 19.1 Å². The van der Waals surface area contributed by atoms with E-state index in [0.29, 0.717) is 48.6 Å². The van der Waals surface area contributed by atoms with Gasteiger partial charge in [-0.2, -0.15) is 0 Å². The molecule has 10 nitrogen and oxygen atoms in total. The number of hydrogen-bond donors (Lipinski definition) is 0. The maximum absolute atomic E-state index is 14.9. The molecule has 410 valence electrons. The molecule has 0 atom stereocenters. The lowest BCUT2D eigenvalue weighted by atomic mass is 10.1. The zero-order valence-corrected chi connectivity index (χ0v) is 49.4. The highest BCUT2D eigenvalue weighted by Gasteiger charge is 2.25. The largest absolute Gasteiger partial charge is 1.00 e. The molecule has 12 heteroatoms. The first-order chi connectivity index (χ1) is 38.5. The van der Waals surface area contributed by atoms with Crippen LogP contribution in [0.5, 0.6) is 0 Å². The first-order valence-corrected chi connectivity index (χ1v) is 28.7. The third-order valence-corrected chi connectivity index (χ3v) is 15.5. The number of fused-ring (bicyclic) bond motifs is 6. The number of para-hydroxylation sites is 4. The van der Waals surface area contributed by atoms with Crippen molar-refractivity contribution in [2.24, 2.45) is 0 Å². The van der Waals surface area contributed by atoms with Crippen LogP contribution in [0.4, 0.5) is 0 Å². The lowest BCUT2D eigenvalue weighted by molar-refractivity contribution is -0.688. The van der Waals surface area contributed by atoms with Crippen molar-refractivity contribution in [3.63, 3.8) is 0 Å². The number of nitrogens with zero attached hydrogens (tertiary/aromatic N) is 8. The predicted molar refractivity (Wildman–Crippen MR) is 317 cm³/mol. The molecule has 0 N–H and O–H groups in total. The minimum atomic E-state index is -0.0106. The number of aryl methyl sites for hydroxylation is 2. The normalized spacial score (nSPS) is 11.4. The second-order valence-electron chi connectivity index (χ2n) is 21.2. The molecule has 11 rings (SSSR count). The van der Waals surface area contributed by atoms with Gasteiger partial charge in [0.1, 0.15) is 22.4 Å². The Labute approximate surface area is 490 Å². The second kappa shape index (κ2) is 27.3. The fourth-order valence-corrected chi connectivity index (χ4v) is 11.6. The van der Waals surface area contributed by atoms with E-state index in [0.717, 1.165) is 92.8 Å². The van der Waals surface area contributed by atoms with E-state index in [2.05, 4.69) is 141 Å². The number of rotatable bonds is 24. The van der Waals surface area contributed by atoms with Gasteiger partial charge in [-0.1, -0.05) is 194 Å². The molecule has 0 unspecified atom stereocenters. The van der Waals surface area contributed by atoms with E-state index < -0.39 is 0 Å². The summed E-state index contributed by atoms with van der Waals surface area (Å²) in [4.78, 5) is 40.4. The lowest BCUT2D eigenvalue weighted by Crippen LogP contribution is -3.00. The molecule has 6 aromatic heterocycles. The van der Waals surface area contributed by atoms with Crippen LogP contribution in [0.25, 0.3) is 78.4 Å². The van der Waals surface area contributed by atoms with Gasteiger partial charge in [-0.05, 0) is 55.3 Å². The van der Waals surface area contributed by atoms with Gasteiger partial charge in [0.2, 0.25) is 0 Å². The van der Waals surface area contributed by atoms with Gasteiger partial charge in [0.25, 0.3) is 11.1 Å². The number of halogens is 2. The van der Waals surface area contributed by atoms with Crippen LogP contribution in [0.15, 0.2) is 192 Å². The van der Waals surface area contributed by atoms with Crippen LogP contribution in [0.1, 0.15) is 115 Å². The van der Waals surface area contributed by atoms with Gasteiger partial charge in [0, 0.05) is 47.5 Å². The van der Waals surface area contributed by atoms with Crippen LogP contribution in [0, 0.1) is 0 Å². The maximum Gasteiger partial charge on any atom is 0.277 e. The second-order valence-corrected chi connectivity index (χ2v) is 21.2. The summed E-state index contributed by atoms with van der Waals surface area (Å²) < 4.78 is 12.6. The number of hydrogen-bond acceptors (Lipinski definition) is 4. The molecule has 0 saturated heterocycles. The van der Waals surface area contributed by atoms with E-state index in [-0.39, 0.29) is 45.1 Å². The topological polar surface area (TPSA) is 86.4 Å². The zero-order valence-electron chi connectivity index (χ0n) is 46.2. The molecule has 0 bridgehead atoms. The lowest BCUT2D eigenvalue weighted by Gasteiger charge is -2.14. The summed E-state index contributed by atoms with van der Waals surface area (Å²) in [5.41, 5.74) is 12.4. The van der Waals surface area contributed by atoms with E-state index in [1.807, 2.05) is 81.9 Å². The Morgan fingerprint density at radius 1 is 0.388 bits per heavy atom. The van der Waals surface area contributed by atoms with E-state index in [1.54, 1.807) is 0 Å². The van der Waals surface area contributed by atoms with E-state index >= 15 is 0 Å². The Morgan fingerprint density at radius 3 is 1.16 bits per heavy atom. The molecule has 0 saturated carbocycles. The highest BCUT2D eigenvalue weighted by atomic mass is 79.9. The number of pyridine rings is 2. The van der Waals surface area contributed by atoms with Crippen LogP contribution in [0.3, 0.4) is 0 Å². The van der Waals surface area contributed by atoms with Crippen molar-refractivity contribution in [3.8, 4) is 45.3 Å². The predicted octanol–water partition coefficient (Wildman–Crippen LogP) is 8.46. The number of imidazole rings is 2. The molecule has 0 aliphatic heterocycles. The summed E-state index contributed by atoms with van der Waals surface area (Å²) in [5, 5.41) is 0. The molecule has 0 radical (unpaired) electrons. The summed E-state index contributed by atoms with van der Waals surface area (Å²) in [6, 6.07) is 53.9. The molecule has 0 aliphatic carbocycles. The minimum absolute atomic E-state index is 0. The average Bonchev–Trinajstić information content (AvgIpc) is 4.21. The van der Waals surface area contributed by atoms with E-state index in [9.17, 15) is 9.59 Å². The number of aromatic nitrogens is 8. The maximum atomic E-state index is 14.9. The molecule has 11 aromatic rings. The van der Waals surface area contributed by atoms with Gasteiger partial charge >= 0.3 is 0 Å². The molecule has 0 amide bonds. The van der Waals surface area contributed by atoms with Gasteiger partial charge < -0.3 is 43.1 Å². The standard InChI is InChI=1S/C68H72N8O2.2BrH/c1-3-5-7-9-11-13-25-44-73-57-38-21-23-40-59(57)75-63(67(73)77)61(53-32-17-15-18-33-53)69-65(75)55-36-28-42-71(49-55)47-51-30-27-31-52(46-51)48-72-43-29-37-56(50-72)66-70-62(54-34-19-16-20-35-54)64-68(78)74(45-26-14-12-10-8-6-4-2)58-39-22-24-41-60(58)76(64)66;;/h15-24,27-43,46,49-50H,3-14,25-26,44-45,47-48H2,1-2H3;2*1H/q+2;;/p-2. The smallest absolute Gasteiger partial charge is 0.277 e. The van der Waals surface area contributed by atoms with Gasteiger partial charge in [-0.3, -0.25) is 18.4 Å². The van der Waals surface area contributed by atoms with Crippen molar-refractivity contribution in [3.05, 3.63) is 214 Å². The minimum Gasteiger partial charge on any atom is -1.00 e. The van der Waals surface area contributed by atoms with Crippen LogP contribution in [0.2, 0.25) is 0 Å². The van der Waals surface area contributed by atoms with Crippen molar-refractivity contribution < 1.29 is 43.1 Å². The van der Waals surface area contributed by atoms with Crippen molar-refractivity contribution in [1.82, 2.24) is 27.9 Å². The van der Waals surface area contributed by atoms with E-state index in [4.69, 9.17) is 9.97 Å². The highest BCUT2D eigenvalue weighted by molar-refractivity contribution is 5.90. The van der Waals surface area contributed by atoms with E-state index in [1.165, 1.54) is 64.2 Å². The Morgan fingerprint density at radius 2 is 0.750 bits per heavy atom. The monoisotopic (exact) mass is 1190 g/mol. The summed E-state index contributed by atoms with van der Waals surface area (Å²) >= 11 is 0. The summed E-state index contributed by atoms with van der Waals surface area (Å²) in [6.45, 7) is 7.12. The van der Waals surface area contributed by atoms with Gasteiger partial charge in [-0.15, -0.1) is 0 Å².